The number of hydrogen-bond acceptors (Lipinski definition) is 6. The average Bonchev–Trinajstić information content (AvgIpc) is 3.40. The Morgan fingerprint density at radius 2 is 1.97 bits per heavy atom. The molecule has 1 unspecified atom stereocenters. The van der Waals surface area contributed by atoms with Crippen LogP contribution >= 0.6 is 0 Å². The van der Waals surface area contributed by atoms with Gasteiger partial charge in [0.05, 0.1) is 31.0 Å². The second-order valence-corrected chi connectivity index (χ2v) is 8.57. The van der Waals surface area contributed by atoms with Crippen molar-refractivity contribution < 1.29 is 19.7 Å². The van der Waals surface area contributed by atoms with E-state index in [1.807, 2.05) is 55.6 Å². The molecule has 2 aromatic carbocycles. The second kappa shape index (κ2) is 9.79. The Labute approximate surface area is 199 Å². The minimum atomic E-state index is -1.65. The van der Waals surface area contributed by atoms with E-state index in [-0.39, 0.29) is 18.4 Å². The zero-order chi connectivity index (χ0) is 24.3. The van der Waals surface area contributed by atoms with E-state index in [0.29, 0.717) is 35.7 Å². The minimum absolute atomic E-state index is 0.0482. The number of aliphatic hydroxyl groups is 2. The molecule has 2 heterocycles. The first kappa shape index (κ1) is 23.7. The summed E-state index contributed by atoms with van der Waals surface area (Å²) < 4.78 is 7.03. The van der Waals surface area contributed by atoms with Gasteiger partial charge in [0.2, 0.25) is 0 Å². The maximum Gasteiger partial charge on any atom is 0.264 e. The lowest BCUT2D eigenvalue weighted by molar-refractivity contribution is -0.139. The molecule has 0 saturated carbocycles. The quantitative estimate of drug-likeness (QED) is 0.475. The predicted octanol–water partition coefficient (Wildman–Crippen LogP) is 2.86. The van der Waals surface area contributed by atoms with E-state index in [4.69, 9.17) is 4.74 Å². The molecule has 178 valence electrons. The molecule has 4 rings (SSSR count). The van der Waals surface area contributed by atoms with Crippen LogP contribution in [-0.2, 0) is 16.9 Å². The van der Waals surface area contributed by atoms with Gasteiger partial charge in [0, 0.05) is 31.3 Å². The van der Waals surface area contributed by atoms with Crippen LogP contribution in [0.3, 0.4) is 0 Å². The minimum Gasteiger partial charge on any atom is -0.497 e. The largest absolute Gasteiger partial charge is 0.497 e. The van der Waals surface area contributed by atoms with Gasteiger partial charge in [0.25, 0.3) is 5.91 Å². The van der Waals surface area contributed by atoms with Crippen LogP contribution in [0.1, 0.15) is 36.1 Å². The number of hydrogen-bond donors (Lipinski definition) is 2. The maximum absolute atomic E-state index is 12.9. The Bertz CT molecular complexity index is 1180. The van der Waals surface area contributed by atoms with E-state index in [1.54, 1.807) is 37.0 Å². The number of aryl methyl sites for hydroxylation is 1. The molecule has 1 aliphatic heterocycles. The first-order valence-corrected chi connectivity index (χ1v) is 11.3. The zero-order valence-corrected chi connectivity index (χ0v) is 19.6. The number of benzene rings is 2. The van der Waals surface area contributed by atoms with Gasteiger partial charge in [0.1, 0.15) is 5.75 Å². The smallest absolute Gasteiger partial charge is 0.264 e. The van der Waals surface area contributed by atoms with Crippen LogP contribution < -0.4 is 9.64 Å². The summed E-state index contributed by atoms with van der Waals surface area (Å²) in [7, 11) is 3.22. The predicted molar refractivity (Wildman–Crippen MR) is 129 cm³/mol. The van der Waals surface area contributed by atoms with Crippen molar-refractivity contribution in [1.29, 1.82) is 0 Å². The summed E-state index contributed by atoms with van der Waals surface area (Å²) in [6, 6.07) is 15.0. The highest BCUT2D eigenvalue weighted by molar-refractivity contribution is 6.07. The van der Waals surface area contributed by atoms with Crippen molar-refractivity contribution >= 4 is 11.6 Å². The van der Waals surface area contributed by atoms with Crippen molar-refractivity contribution in [3.63, 3.8) is 0 Å². The molecule has 3 aromatic rings. The summed E-state index contributed by atoms with van der Waals surface area (Å²) in [5.74, 6) is -0.430. The van der Waals surface area contributed by atoms with E-state index < -0.39 is 11.5 Å². The number of aromatic nitrogens is 3. The lowest BCUT2D eigenvalue weighted by Crippen LogP contribution is -2.43. The van der Waals surface area contributed by atoms with Crippen molar-refractivity contribution in [2.24, 2.45) is 5.92 Å². The normalized spacial score (nSPS) is 19.4. The van der Waals surface area contributed by atoms with Gasteiger partial charge in [0.15, 0.2) is 5.60 Å². The molecule has 0 saturated heterocycles. The first-order valence-electron chi connectivity index (χ1n) is 11.3. The van der Waals surface area contributed by atoms with E-state index in [0.717, 1.165) is 5.56 Å². The van der Waals surface area contributed by atoms with Crippen molar-refractivity contribution in [3.8, 4) is 5.75 Å². The lowest BCUT2D eigenvalue weighted by Gasteiger charge is -2.27. The Morgan fingerprint density at radius 1 is 1.21 bits per heavy atom. The van der Waals surface area contributed by atoms with Crippen LogP contribution in [0.5, 0.6) is 5.75 Å². The number of carbonyl (C=O) groups is 1. The number of allylic oxidation sites excluding steroid dienone is 1. The monoisotopic (exact) mass is 462 g/mol. The second-order valence-electron chi connectivity index (χ2n) is 8.57. The highest BCUT2D eigenvalue weighted by atomic mass is 16.5. The van der Waals surface area contributed by atoms with Crippen molar-refractivity contribution in [3.05, 3.63) is 83.7 Å². The molecule has 8 nitrogen and oxygen atoms in total. The Hall–Kier alpha value is -3.49. The number of methoxy groups -OCH3 is 1. The van der Waals surface area contributed by atoms with E-state index in [1.165, 1.54) is 4.90 Å². The van der Waals surface area contributed by atoms with Crippen molar-refractivity contribution in [2.45, 2.75) is 31.4 Å². The lowest BCUT2D eigenvalue weighted by atomic mass is 9.83. The fourth-order valence-electron chi connectivity index (χ4n) is 4.44. The van der Waals surface area contributed by atoms with Gasteiger partial charge in [-0.3, -0.25) is 9.48 Å². The molecule has 0 radical (unpaired) electrons. The van der Waals surface area contributed by atoms with Crippen molar-refractivity contribution in [2.75, 3.05) is 25.7 Å². The summed E-state index contributed by atoms with van der Waals surface area (Å²) >= 11 is 0. The molecular formula is C26H30N4O4. The number of likely N-dealkylation sites (N-methyl/N-ethyl adjacent to an activating group) is 1. The third-order valence-corrected chi connectivity index (χ3v) is 6.51. The average molecular weight is 463 g/mol. The van der Waals surface area contributed by atoms with Crippen LogP contribution in [0.2, 0.25) is 0 Å². The summed E-state index contributed by atoms with van der Waals surface area (Å²) in [4.78, 5) is 14.4. The highest BCUT2D eigenvalue weighted by Gasteiger charge is 2.51. The molecule has 1 aliphatic rings. The Balaban J connectivity index is 1.43. The number of anilines is 1. The van der Waals surface area contributed by atoms with Crippen LogP contribution in [-0.4, -0.2) is 51.9 Å². The van der Waals surface area contributed by atoms with Gasteiger partial charge in [-0.15, -0.1) is 5.10 Å². The van der Waals surface area contributed by atoms with Gasteiger partial charge >= 0.3 is 0 Å². The number of rotatable bonds is 9. The standard InChI is InChI=1S/C26H30N4O4/c1-18(26(33)22-15-20(34-3)12-13-24(22)29(2)25(26)32)9-7-8-14-30-16-23(27-28-30)21(17-31)19-10-5-4-6-11-19/h4-7,9-13,15-16,18,21,31,33H,8,14,17H2,1-3H3/b9-7+/t18-,21?,26+/m1/s1. The van der Waals surface area contributed by atoms with Gasteiger partial charge in [-0.2, -0.15) is 0 Å². The molecule has 34 heavy (non-hydrogen) atoms. The van der Waals surface area contributed by atoms with E-state index in [2.05, 4.69) is 10.3 Å². The molecule has 1 amide bonds. The molecule has 0 bridgehead atoms. The first-order chi connectivity index (χ1) is 16.4. The number of ether oxygens (including phenoxy) is 1. The number of fused-ring (bicyclic) bond motifs is 1. The van der Waals surface area contributed by atoms with Gasteiger partial charge in [-0.1, -0.05) is 54.6 Å². The van der Waals surface area contributed by atoms with Crippen LogP contribution in [0, 0.1) is 5.92 Å². The Kier molecular flexibility index (Phi) is 6.81. The topological polar surface area (TPSA) is 101 Å². The summed E-state index contributed by atoms with van der Waals surface area (Å²) in [6.07, 6.45) is 6.29. The molecular weight excluding hydrogens is 432 g/mol. The van der Waals surface area contributed by atoms with Crippen LogP contribution in [0.15, 0.2) is 66.9 Å². The van der Waals surface area contributed by atoms with Crippen LogP contribution in [0.25, 0.3) is 0 Å². The van der Waals surface area contributed by atoms with Gasteiger partial charge in [-0.25, -0.2) is 0 Å². The maximum atomic E-state index is 12.9. The third kappa shape index (κ3) is 4.22. The number of nitrogens with zero attached hydrogens (tertiary/aromatic N) is 4. The fraction of sp³-hybridized carbons (Fsp3) is 0.346. The molecule has 3 atom stereocenters. The molecule has 1 aromatic heterocycles. The third-order valence-electron chi connectivity index (χ3n) is 6.51. The zero-order valence-electron chi connectivity index (χ0n) is 19.6. The number of amides is 1. The number of aliphatic hydroxyl groups excluding tert-OH is 1. The molecule has 8 heteroatoms. The Morgan fingerprint density at radius 3 is 2.68 bits per heavy atom. The SMILES string of the molecule is COc1ccc2c(c1)[C@@](O)([C@H](C)/C=C/CCn1cc(C(CO)c3ccccc3)nn1)C(=O)N2C. The fourth-order valence-corrected chi connectivity index (χ4v) is 4.44. The molecule has 0 aliphatic carbocycles. The summed E-state index contributed by atoms with van der Waals surface area (Å²) in [5.41, 5.74) is 1.28. The van der Waals surface area contributed by atoms with Crippen LogP contribution in [0.4, 0.5) is 5.69 Å². The highest BCUT2D eigenvalue weighted by Crippen LogP contribution is 2.45. The molecule has 2 N–H and O–H groups in total. The van der Waals surface area contributed by atoms with Gasteiger partial charge in [-0.05, 0) is 30.2 Å². The summed E-state index contributed by atoms with van der Waals surface area (Å²) in [6.45, 7) is 2.36. The van der Waals surface area contributed by atoms with Crippen molar-refractivity contribution in [1.82, 2.24) is 15.0 Å². The molecule has 0 fully saturated rings. The van der Waals surface area contributed by atoms with E-state index in [9.17, 15) is 15.0 Å². The summed E-state index contributed by atoms with van der Waals surface area (Å²) in [5, 5.41) is 29.7. The van der Waals surface area contributed by atoms with E-state index >= 15 is 0 Å². The van der Waals surface area contributed by atoms with Gasteiger partial charge < -0.3 is 19.8 Å². The number of carbonyl (C=O) groups excluding carboxylic acids is 1. The molecule has 0 spiro atoms.